The third-order valence-electron chi connectivity index (χ3n) is 4.20. The van der Waals surface area contributed by atoms with Crippen LogP contribution in [0, 0.1) is 0 Å². The highest BCUT2D eigenvalue weighted by molar-refractivity contribution is 5.47. The highest BCUT2D eigenvalue weighted by Crippen LogP contribution is 2.36. The summed E-state index contributed by atoms with van der Waals surface area (Å²) in [5, 5.41) is 15.4. The summed E-state index contributed by atoms with van der Waals surface area (Å²) < 4.78 is 10.5. The molecule has 0 amide bonds. The predicted octanol–water partition coefficient (Wildman–Crippen LogP) is 1.57. The zero-order valence-electron chi connectivity index (χ0n) is 12.3. The molecule has 1 saturated heterocycles. The Morgan fingerprint density at radius 1 is 1.29 bits per heavy atom. The molecule has 0 unspecified atom stereocenters. The van der Waals surface area contributed by atoms with E-state index < -0.39 is 0 Å². The van der Waals surface area contributed by atoms with Gasteiger partial charge in [0.1, 0.15) is 5.69 Å². The van der Waals surface area contributed by atoms with Crippen LogP contribution in [-0.4, -0.2) is 40.5 Å². The van der Waals surface area contributed by atoms with E-state index >= 15 is 0 Å². The zero-order chi connectivity index (χ0) is 14.7. The molecule has 0 radical (unpaired) electrons. The van der Waals surface area contributed by atoms with Crippen LogP contribution >= 0.6 is 0 Å². The number of aromatic nitrogens is 4. The molecule has 0 spiro atoms. The van der Waals surface area contributed by atoms with E-state index in [2.05, 4.69) is 32.6 Å². The van der Waals surface area contributed by atoms with Crippen molar-refractivity contribution in [3.8, 4) is 17.4 Å². The molecule has 1 aliphatic heterocycles. The molecule has 0 bridgehead atoms. The van der Waals surface area contributed by atoms with Crippen LogP contribution in [0.1, 0.15) is 32.1 Å². The van der Waals surface area contributed by atoms with Crippen molar-refractivity contribution in [2.75, 3.05) is 20.2 Å². The fourth-order valence-electron chi connectivity index (χ4n) is 2.72. The summed E-state index contributed by atoms with van der Waals surface area (Å²) in [5.74, 6) is 1.65. The first-order valence-electron chi connectivity index (χ1n) is 7.20. The van der Waals surface area contributed by atoms with Crippen LogP contribution in [0.15, 0.2) is 16.7 Å². The summed E-state index contributed by atoms with van der Waals surface area (Å²) in [6, 6.07) is 3.51. The monoisotopic (exact) mass is 289 g/mol. The lowest BCUT2D eigenvalue weighted by Gasteiger charge is -2.33. The average Bonchev–Trinajstić information content (AvgIpc) is 3.06. The molecule has 112 valence electrons. The second kappa shape index (κ2) is 5.77. The summed E-state index contributed by atoms with van der Waals surface area (Å²) in [7, 11) is 1.55. The summed E-state index contributed by atoms with van der Waals surface area (Å²) >= 11 is 0. The SMILES string of the molecule is CCC1(c2nc(-c3ccc(OC)nn3)no2)CCNCC1. The molecule has 7 nitrogen and oxygen atoms in total. The van der Waals surface area contributed by atoms with Crippen LogP contribution in [0.2, 0.25) is 0 Å². The van der Waals surface area contributed by atoms with Crippen LogP contribution in [-0.2, 0) is 5.41 Å². The van der Waals surface area contributed by atoms with Gasteiger partial charge in [0.2, 0.25) is 17.6 Å². The molecular formula is C14H19N5O2. The number of methoxy groups -OCH3 is 1. The third kappa shape index (κ3) is 2.61. The van der Waals surface area contributed by atoms with Crippen LogP contribution in [0.25, 0.3) is 11.5 Å². The lowest BCUT2D eigenvalue weighted by Crippen LogP contribution is -2.39. The predicted molar refractivity (Wildman–Crippen MR) is 75.9 cm³/mol. The van der Waals surface area contributed by atoms with Gasteiger partial charge in [-0.25, -0.2) is 0 Å². The van der Waals surface area contributed by atoms with Gasteiger partial charge in [0.05, 0.1) is 12.5 Å². The third-order valence-corrected chi connectivity index (χ3v) is 4.20. The van der Waals surface area contributed by atoms with Crippen LogP contribution in [0.5, 0.6) is 5.88 Å². The van der Waals surface area contributed by atoms with Crippen molar-refractivity contribution in [1.82, 2.24) is 25.7 Å². The second-order valence-corrected chi connectivity index (χ2v) is 5.27. The molecule has 1 N–H and O–H groups in total. The molecule has 2 aromatic rings. The van der Waals surface area contributed by atoms with Gasteiger partial charge in [-0.15, -0.1) is 10.2 Å². The maximum atomic E-state index is 5.52. The van der Waals surface area contributed by atoms with Crippen LogP contribution in [0.4, 0.5) is 0 Å². The molecule has 2 aromatic heterocycles. The van der Waals surface area contributed by atoms with Gasteiger partial charge >= 0.3 is 0 Å². The Bertz CT molecular complexity index is 590. The van der Waals surface area contributed by atoms with Gasteiger partial charge < -0.3 is 14.6 Å². The van der Waals surface area contributed by atoms with Crippen molar-refractivity contribution in [2.24, 2.45) is 0 Å². The van der Waals surface area contributed by atoms with Gasteiger partial charge in [-0.3, -0.25) is 0 Å². The lowest BCUT2D eigenvalue weighted by atomic mass is 9.76. The maximum absolute atomic E-state index is 5.52. The van der Waals surface area contributed by atoms with Gasteiger partial charge in [0, 0.05) is 6.07 Å². The molecular weight excluding hydrogens is 270 g/mol. The standard InChI is InChI=1S/C14H19N5O2/c1-3-14(6-8-15-9-7-14)13-16-12(19-21-13)10-4-5-11(20-2)18-17-10/h4-5,15H,3,6-9H2,1-2H3. The van der Waals surface area contributed by atoms with E-state index in [-0.39, 0.29) is 5.41 Å². The second-order valence-electron chi connectivity index (χ2n) is 5.27. The number of hydrogen-bond acceptors (Lipinski definition) is 7. The smallest absolute Gasteiger partial charge is 0.233 e. The first kappa shape index (κ1) is 13.9. The van der Waals surface area contributed by atoms with E-state index in [1.54, 1.807) is 19.2 Å². The Hall–Kier alpha value is -2.02. The number of ether oxygens (including phenoxy) is 1. The number of nitrogens with zero attached hydrogens (tertiary/aromatic N) is 4. The Kier molecular flexibility index (Phi) is 3.83. The highest BCUT2D eigenvalue weighted by Gasteiger charge is 2.37. The summed E-state index contributed by atoms with van der Waals surface area (Å²) in [5.41, 5.74) is 0.571. The van der Waals surface area contributed by atoms with Crippen LogP contribution in [0.3, 0.4) is 0 Å². The van der Waals surface area contributed by atoms with Gasteiger partial charge in [0.15, 0.2) is 0 Å². The van der Waals surface area contributed by atoms with Crippen molar-refractivity contribution in [3.63, 3.8) is 0 Å². The topological polar surface area (TPSA) is 86.0 Å². The average molecular weight is 289 g/mol. The molecule has 7 heteroatoms. The summed E-state index contributed by atoms with van der Waals surface area (Å²) in [6.45, 7) is 4.13. The molecule has 1 fully saturated rings. The molecule has 0 saturated carbocycles. The fourth-order valence-corrected chi connectivity index (χ4v) is 2.72. The van der Waals surface area contributed by atoms with Gasteiger partial charge in [-0.05, 0) is 38.4 Å². The van der Waals surface area contributed by atoms with Gasteiger partial charge in [-0.1, -0.05) is 12.1 Å². The van der Waals surface area contributed by atoms with E-state index in [0.29, 0.717) is 23.3 Å². The maximum Gasteiger partial charge on any atom is 0.233 e. The molecule has 0 atom stereocenters. The quantitative estimate of drug-likeness (QED) is 0.914. The van der Waals surface area contributed by atoms with E-state index in [1.165, 1.54) is 0 Å². The first-order valence-corrected chi connectivity index (χ1v) is 7.20. The Labute approximate surface area is 123 Å². The Morgan fingerprint density at radius 3 is 2.71 bits per heavy atom. The highest BCUT2D eigenvalue weighted by atomic mass is 16.5. The molecule has 3 heterocycles. The Morgan fingerprint density at radius 2 is 2.10 bits per heavy atom. The zero-order valence-corrected chi connectivity index (χ0v) is 12.3. The summed E-state index contributed by atoms with van der Waals surface area (Å²) in [6.07, 6.45) is 3.02. The molecule has 21 heavy (non-hydrogen) atoms. The first-order chi connectivity index (χ1) is 10.3. The number of hydrogen-bond donors (Lipinski definition) is 1. The van der Waals surface area contributed by atoms with Crippen molar-refractivity contribution < 1.29 is 9.26 Å². The van der Waals surface area contributed by atoms with Crippen molar-refractivity contribution >= 4 is 0 Å². The summed E-state index contributed by atoms with van der Waals surface area (Å²) in [4.78, 5) is 4.55. The molecule has 0 aromatic carbocycles. The van der Waals surface area contributed by atoms with E-state index in [0.717, 1.165) is 32.4 Å². The van der Waals surface area contributed by atoms with Crippen molar-refractivity contribution in [2.45, 2.75) is 31.6 Å². The minimum absolute atomic E-state index is 0.0175. The number of rotatable bonds is 4. The van der Waals surface area contributed by atoms with Crippen molar-refractivity contribution in [1.29, 1.82) is 0 Å². The van der Waals surface area contributed by atoms with E-state index in [1.807, 2.05) is 0 Å². The normalized spacial score (nSPS) is 17.6. The minimum Gasteiger partial charge on any atom is -0.480 e. The largest absolute Gasteiger partial charge is 0.480 e. The van der Waals surface area contributed by atoms with Gasteiger partial charge in [-0.2, -0.15) is 4.98 Å². The number of piperidine rings is 1. The number of nitrogens with one attached hydrogen (secondary N) is 1. The van der Waals surface area contributed by atoms with Gasteiger partial charge in [0.25, 0.3) is 0 Å². The lowest BCUT2D eigenvalue weighted by molar-refractivity contribution is 0.216. The molecule has 0 aliphatic carbocycles. The molecule has 3 rings (SSSR count). The Balaban J connectivity index is 1.87. The van der Waals surface area contributed by atoms with Crippen molar-refractivity contribution in [3.05, 3.63) is 18.0 Å². The van der Waals surface area contributed by atoms with E-state index in [4.69, 9.17) is 9.26 Å². The van der Waals surface area contributed by atoms with E-state index in [9.17, 15) is 0 Å². The molecule has 1 aliphatic rings. The fraction of sp³-hybridized carbons (Fsp3) is 0.571. The van der Waals surface area contributed by atoms with Crippen LogP contribution < -0.4 is 10.1 Å². The minimum atomic E-state index is -0.0175.